The molecule has 2 unspecified atom stereocenters. The Morgan fingerprint density at radius 3 is 2.50 bits per heavy atom. The minimum atomic E-state index is -3.65. The predicted octanol–water partition coefficient (Wildman–Crippen LogP) is 4.96. The Balaban J connectivity index is 1.32. The first-order valence-electron chi connectivity index (χ1n) is 15.8. The minimum Gasteiger partial charge on any atom is -0.444 e. The largest absolute Gasteiger partial charge is 0.444 e. The van der Waals surface area contributed by atoms with Crippen LogP contribution < -0.4 is 4.90 Å². The van der Waals surface area contributed by atoms with Crippen LogP contribution in [0.1, 0.15) is 87.4 Å². The Bertz CT molecular complexity index is 1650. The van der Waals surface area contributed by atoms with Gasteiger partial charge in [0.15, 0.2) is 6.23 Å². The molecular formula is C32H44N6O5S. The number of sulfone groups is 1. The molecular weight excluding hydrogens is 580 g/mol. The van der Waals surface area contributed by atoms with Gasteiger partial charge in [0.25, 0.3) is 0 Å². The van der Waals surface area contributed by atoms with Crippen molar-refractivity contribution in [3.05, 3.63) is 40.7 Å². The van der Waals surface area contributed by atoms with Crippen LogP contribution >= 0.6 is 0 Å². The number of nitrogens with zero attached hydrogens (tertiary/aromatic N) is 6. The molecule has 1 aliphatic carbocycles. The normalized spacial score (nSPS) is 21.7. The summed E-state index contributed by atoms with van der Waals surface area (Å²) in [5, 5.41) is 5.77. The zero-order valence-corrected chi connectivity index (χ0v) is 27.3. The lowest BCUT2D eigenvalue weighted by Gasteiger charge is -2.37. The van der Waals surface area contributed by atoms with Gasteiger partial charge in [-0.25, -0.2) is 27.9 Å². The second kappa shape index (κ2) is 11.9. The molecule has 6 rings (SSSR count). The monoisotopic (exact) mass is 624 g/mol. The van der Waals surface area contributed by atoms with Gasteiger partial charge in [0.2, 0.25) is 15.0 Å². The summed E-state index contributed by atoms with van der Waals surface area (Å²) in [6.07, 6.45) is 9.19. The number of piperazine rings is 1. The van der Waals surface area contributed by atoms with E-state index in [9.17, 15) is 13.2 Å². The highest BCUT2D eigenvalue weighted by molar-refractivity contribution is 7.90. The van der Waals surface area contributed by atoms with E-state index in [4.69, 9.17) is 19.6 Å². The summed E-state index contributed by atoms with van der Waals surface area (Å²) in [7, 11) is -3.65. The van der Waals surface area contributed by atoms with Crippen LogP contribution in [0.15, 0.2) is 23.5 Å². The van der Waals surface area contributed by atoms with Crippen LogP contribution in [0, 0.1) is 6.92 Å². The molecule has 0 spiro atoms. The summed E-state index contributed by atoms with van der Waals surface area (Å²) in [6.45, 7) is 10.5. The van der Waals surface area contributed by atoms with Crippen LogP contribution in [0.5, 0.6) is 0 Å². The number of benzene rings is 1. The lowest BCUT2D eigenvalue weighted by atomic mass is 9.86. The van der Waals surface area contributed by atoms with Crippen molar-refractivity contribution in [3.63, 3.8) is 0 Å². The maximum atomic E-state index is 12.8. The number of carbonyl (C=O) groups excluding carboxylic acids is 1. The SMILES string of the molecule is Cc1ccc2c(cnn2C2CCCCO2)c1C1CCCc2c(nc(S(C)(=O)=O)nc2N2CCN(C(=O)OC(C)(C)C)CC2)C1. The van der Waals surface area contributed by atoms with E-state index in [0.717, 1.165) is 67.3 Å². The van der Waals surface area contributed by atoms with Crippen molar-refractivity contribution in [2.75, 3.05) is 43.9 Å². The van der Waals surface area contributed by atoms with Crippen molar-refractivity contribution in [3.8, 4) is 0 Å². The predicted molar refractivity (Wildman–Crippen MR) is 168 cm³/mol. The van der Waals surface area contributed by atoms with Gasteiger partial charge < -0.3 is 19.3 Å². The van der Waals surface area contributed by atoms with Crippen molar-refractivity contribution in [1.82, 2.24) is 24.6 Å². The molecule has 4 heterocycles. The lowest BCUT2D eigenvalue weighted by molar-refractivity contribution is -0.0366. The summed E-state index contributed by atoms with van der Waals surface area (Å²) in [6, 6.07) is 4.31. The van der Waals surface area contributed by atoms with E-state index in [1.54, 1.807) is 4.90 Å². The number of anilines is 1. The van der Waals surface area contributed by atoms with Gasteiger partial charge in [-0.3, -0.25) is 0 Å². The second-order valence-corrected chi connectivity index (χ2v) is 15.3. The smallest absolute Gasteiger partial charge is 0.410 e. The molecule has 3 aromatic rings. The molecule has 11 nitrogen and oxygen atoms in total. The molecule has 44 heavy (non-hydrogen) atoms. The molecule has 1 aromatic carbocycles. The Morgan fingerprint density at radius 2 is 1.82 bits per heavy atom. The molecule has 0 bridgehead atoms. The number of hydrogen-bond acceptors (Lipinski definition) is 9. The fourth-order valence-electron chi connectivity index (χ4n) is 6.82. The number of ether oxygens (including phenoxy) is 2. The fourth-order valence-corrected chi connectivity index (χ4v) is 7.35. The average molecular weight is 625 g/mol. The highest BCUT2D eigenvalue weighted by atomic mass is 32.2. The maximum Gasteiger partial charge on any atom is 0.410 e. The summed E-state index contributed by atoms with van der Waals surface area (Å²) in [4.78, 5) is 25.8. The number of aryl methyl sites for hydroxylation is 1. The van der Waals surface area contributed by atoms with Gasteiger partial charge in [0.1, 0.15) is 11.4 Å². The molecule has 0 saturated carbocycles. The van der Waals surface area contributed by atoms with Gasteiger partial charge in [-0.2, -0.15) is 5.10 Å². The fraction of sp³-hybridized carbons (Fsp3) is 0.625. The molecule has 2 aromatic heterocycles. The number of fused-ring (bicyclic) bond motifs is 2. The number of amides is 1. The number of aromatic nitrogens is 4. The van der Waals surface area contributed by atoms with E-state index < -0.39 is 15.4 Å². The third-order valence-corrected chi connectivity index (χ3v) is 9.75. The third kappa shape index (κ3) is 6.28. The second-order valence-electron chi connectivity index (χ2n) is 13.4. The maximum absolute atomic E-state index is 12.8. The molecule has 12 heteroatoms. The van der Waals surface area contributed by atoms with Crippen LogP contribution in [0.25, 0.3) is 10.9 Å². The van der Waals surface area contributed by atoms with Crippen molar-refractivity contribution < 1.29 is 22.7 Å². The highest BCUT2D eigenvalue weighted by Gasteiger charge is 2.32. The average Bonchev–Trinajstić information content (AvgIpc) is 3.28. The summed E-state index contributed by atoms with van der Waals surface area (Å²) in [5.74, 6) is 0.834. The molecule has 0 radical (unpaired) electrons. The van der Waals surface area contributed by atoms with E-state index in [2.05, 4.69) is 28.9 Å². The summed E-state index contributed by atoms with van der Waals surface area (Å²) < 4.78 is 39.3. The number of hydrogen-bond donors (Lipinski definition) is 0. The van der Waals surface area contributed by atoms with E-state index in [-0.39, 0.29) is 23.4 Å². The Labute approximate surface area is 259 Å². The molecule has 238 valence electrons. The quantitative estimate of drug-likeness (QED) is 0.293. The van der Waals surface area contributed by atoms with E-state index in [0.29, 0.717) is 38.4 Å². The van der Waals surface area contributed by atoms with Crippen LogP contribution in [-0.4, -0.2) is 83.8 Å². The van der Waals surface area contributed by atoms with E-state index in [1.165, 1.54) is 17.4 Å². The van der Waals surface area contributed by atoms with Gasteiger partial charge in [-0.15, -0.1) is 0 Å². The number of carbonyl (C=O) groups is 1. The third-order valence-electron chi connectivity index (χ3n) is 8.91. The van der Waals surface area contributed by atoms with E-state index >= 15 is 0 Å². The van der Waals surface area contributed by atoms with Gasteiger partial charge in [0, 0.05) is 50.0 Å². The Kier molecular flexibility index (Phi) is 8.34. The standard InChI is InChI=1S/C32H44N6O5S/c1-21-12-13-26-24(20-33-38(26)27-11-6-7-18-42-27)28(21)22-9-8-10-23-25(19-22)34-30(44(5,40)41)35-29(23)36-14-16-37(17-15-36)31(39)43-32(2,3)4/h12-13,20,22,27H,6-11,14-19H2,1-5H3. The first-order valence-corrected chi connectivity index (χ1v) is 17.7. The first-order chi connectivity index (χ1) is 20.9. The molecule has 2 saturated heterocycles. The van der Waals surface area contributed by atoms with Gasteiger partial charge >= 0.3 is 6.09 Å². The highest BCUT2D eigenvalue weighted by Crippen LogP contribution is 2.40. The summed E-state index contributed by atoms with van der Waals surface area (Å²) >= 11 is 0. The van der Waals surface area contributed by atoms with E-state index in [1.807, 2.05) is 31.6 Å². The van der Waals surface area contributed by atoms with Crippen LogP contribution in [0.2, 0.25) is 0 Å². The lowest BCUT2D eigenvalue weighted by Crippen LogP contribution is -2.50. The Morgan fingerprint density at radius 1 is 1.05 bits per heavy atom. The van der Waals surface area contributed by atoms with Gasteiger partial charge in [-0.05, 0) is 95.8 Å². The molecule has 1 amide bonds. The zero-order valence-electron chi connectivity index (χ0n) is 26.5. The Hall–Kier alpha value is -3.25. The van der Waals surface area contributed by atoms with Crippen molar-refractivity contribution >= 4 is 32.7 Å². The minimum absolute atomic E-state index is 0.0462. The van der Waals surface area contributed by atoms with Crippen molar-refractivity contribution in [2.45, 2.75) is 95.5 Å². The summed E-state index contributed by atoms with van der Waals surface area (Å²) in [5.41, 5.74) is 4.78. The van der Waals surface area contributed by atoms with Crippen LogP contribution in [0.3, 0.4) is 0 Å². The molecule has 2 aliphatic heterocycles. The zero-order chi connectivity index (χ0) is 31.2. The van der Waals surface area contributed by atoms with Crippen LogP contribution in [-0.2, 0) is 32.2 Å². The van der Waals surface area contributed by atoms with Gasteiger partial charge in [0.05, 0.1) is 17.4 Å². The molecule has 0 N–H and O–H groups in total. The first kappa shape index (κ1) is 30.8. The van der Waals surface area contributed by atoms with Crippen molar-refractivity contribution in [2.24, 2.45) is 0 Å². The van der Waals surface area contributed by atoms with Gasteiger partial charge in [-0.1, -0.05) is 6.07 Å². The number of rotatable bonds is 4. The molecule has 2 atom stereocenters. The molecule has 3 aliphatic rings. The topological polar surface area (TPSA) is 120 Å². The molecule has 2 fully saturated rings. The van der Waals surface area contributed by atoms with Crippen LogP contribution in [0.4, 0.5) is 10.6 Å². The van der Waals surface area contributed by atoms with Crippen molar-refractivity contribution in [1.29, 1.82) is 0 Å².